The maximum Gasteiger partial charge on any atom is 0.304 e. The van der Waals surface area contributed by atoms with Gasteiger partial charge in [0.2, 0.25) is 10.0 Å². The molecule has 0 spiro atoms. The Kier molecular flexibility index (Phi) is 4.21. The van der Waals surface area contributed by atoms with Crippen molar-refractivity contribution in [1.29, 1.82) is 0 Å². The number of primary amides is 1. The topological polar surface area (TPSA) is 127 Å². The van der Waals surface area contributed by atoms with Crippen LogP contribution in [0.15, 0.2) is 16.3 Å². The number of carbonyl (C=O) groups is 2. The molecule has 17 heavy (non-hydrogen) atoms. The van der Waals surface area contributed by atoms with Gasteiger partial charge in [0.05, 0.1) is 16.2 Å². The number of rotatable bonds is 6. The molecule has 9 heteroatoms. The molecule has 4 N–H and O–H groups in total. The van der Waals surface area contributed by atoms with Gasteiger partial charge in [-0.15, -0.1) is 11.3 Å². The predicted molar refractivity (Wildman–Crippen MR) is 60.3 cm³/mol. The highest BCUT2D eigenvalue weighted by molar-refractivity contribution is 7.89. The SMILES string of the molecule is NC(=O)c1cc(S(=O)(=O)NCCC(=O)O)cs1. The maximum atomic E-state index is 11.6. The van der Waals surface area contributed by atoms with Crippen LogP contribution in [0.1, 0.15) is 16.1 Å². The van der Waals surface area contributed by atoms with Crippen molar-refractivity contribution >= 4 is 33.2 Å². The fraction of sp³-hybridized carbons (Fsp3) is 0.250. The standard InChI is InChI=1S/C8H10N2O5S2/c9-8(13)6-3-5(4-16-6)17(14,15)10-2-1-7(11)12/h3-4,10H,1-2H2,(H2,9,13)(H,11,12). The first-order valence-corrected chi connectivity index (χ1v) is 6.79. The Hall–Kier alpha value is -1.45. The second kappa shape index (κ2) is 5.25. The zero-order chi connectivity index (χ0) is 13.1. The number of carboxylic acids is 1. The minimum Gasteiger partial charge on any atom is -0.481 e. The largest absolute Gasteiger partial charge is 0.481 e. The first kappa shape index (κ1) is 13.6. The van der Waals surface area contributed by atoms with E-state index in [9.17, 15) is 18.0 Å². The number of nitrogens with one attached hydrogen (secondary N) is 1. The molecule has 0 aliphatic carbocycles. The summed E-state index contributed by atoms with van der Waals surface area (Å²) in [6, 6.07) is 1.15. The van der Waals surface area contributed by atoms with Crippen LogP contribution in [0, 0.1) is 0 Å². The van der Waals surface area contributed by atoms with Crippen molar-refractivity contribution in [2.45, 2.75) is 11.3 Å². The number of aliphatic carboxylic acids is 1. The second-order valence-electron chi connectivity index (χ2n) is 3.05. The van der Waals surface area contributed by atoms with E-state index in [2.05, 4.69) is 4.72 Å². The van der Waals surface area contributed by atoms with E-state index in [0.29, 0.717) is 0 Å². The number of nitrogens with two attached hydrogens (primary N) is 1. The van der Waals surface area contributed by atoms with E-state index in [1.165, 1.54) is 5.38 Å². The zero-order valence-corrected chi connectivity index (χ0v) is 10.2. The molecule has 1 aromatic rings. The van der Waals surface area contributed by atoms with E-state index < -0.39 is 21.9 Å². The number of hydrogen-bond donors (Lipinski definition) is 3. The average molecular weight is 278 g/mol. The van der Waals surface area contributed by atoms with Gasteiger partial charge < -0.3 is 10.8 Å². The smallest absolute Gasteiger partial charge is 0.304 e. The lowest BCUT2D eigenvalue weighted by Gasteiger charge is -2.02. The number of sulfonamides is 1. The van der Waals surface area contributed by atoms with Crippen LogP contribution < -0.4 is 10.5 Å². The maximum absolute atomic E-state index is 11.6. The van der Waals surface area contributed by atoms with Crippen molar-refractivity contribution in [3.05, 3.63) is 16.3 Å². The van der Waals surface area contributed by atoms with Gasteiger partial charge in [0.25, 0.3) is 5.91 Å². The van der Waals surface area contributed by atoms with E-state index in [-0.39, 0.29) is 22.7 Å². The van der Waals surface area contributed by atoms with Gasteiger partial charge in [0.15, 0.2) is 0 Å². The lowest BCUT2D eigenvalue weighted by Crippen LogP contribution is -2.26. The minimum absolute atomic E-state index is 0.0957. The van der Waals surface area contributed by atoms with Gasteiger partial charge in [-0.05, 0) is 6.07 Å². The van der Waals surface area contributed by atoms with E-state index >= 15 is 0 Å². The summed E-state index contributed by atoms with van der Waals surface area (Å²) < 4.78 is 25.3. The summed E-state index contributed by atoms with van der Waals surface area (Å²) >= 11 is 0.914. The molecule has 0 fully saturated rings. The Bertz CT molecular complexity index is 534. The molecule has 0 unspecified atom stereocenters. The van der Waals surface area contributed by atoms with Crippen molar-refractivity contribution in [3.63, 3.8) is 0 Å². The van der Waals surface area contributed by atoms with Gasteiger partial charge in [-0.2, -0.15) is 0 Å². The summed E-state index contributed by atoms with van der Waals surface area (Å²) in [5.41, 5.74) is 4.99. The van der Waals surface area contributed by atoms with Crippen molar-refractivity contribution < 1.29 is 23.1 Å². The fourth-order valence-corrected chi connectivity index (χ4v) is 3.12. The molecule has 7 nitrogen and oxygen atoms in total. The van der Waals surface area contributed by atoms with Crippen LogP contribution in [-0.4, -0.2) is 31.9 Å². The Morgan fingerprint density at radius 1 is 1.47 bits per heavy atom. The number of thiophene rings is 1. The Morgan fingerprint density at radius 3 is 2.59 bits per heavy atom. The Labute approximate surface area is 101 Å². The molecule has 0 aliphatic rings. The third-order valence-corrected chi connectivity index (χ3v) is 4.29. The third kappa shape index (κ3) is 3.80. The predicted octanol–water partition coefficient (Wildman–Crippen LogP) is -0.400. The summed E-state index contributed by atoms with van der Waals surface area (Å²) in [5, 5.41) is 9.63. The molecular weight excluding hydrogens is 268 g/mol. The third-order valence-electron chi connectivity index (χ3n) is 1.76. The monoisotopic (exact) mass is 278 g/mol. The summed E-state index contributed by atoms with van der Waals surface area (Å²) in [4.78, 5) is 21.0. The van der Waals surface area contributed by atoms with E-state index in [0.717, 1.165) is 17.4 Å². The van der Waals surface area contributed by atoms with Crippen molar-refractivity contribution in [2.75, 3.05) is 6.54 Å². The normalized spacial score (nSPS) is 11.3. The summed E-state index contributed by atoms with van der Waals surface area (Å²) in [6.45, 7) is -0.209. The highest BCUT2D eigenvalue weighted by Crippen LogP contribution is 2.18. The molecule has 1 amide bonds. The van der Waals surface area contributed by atoms with Crippen molar-refractivity contribution in [3.8, 4) is 0 Å². The summed E-state index contributed by atoms with van der Waals surface area (Å²) in [5.74, 6) is -1.81. The lowest BCUT2D eigenvalue weighted by molar-refractivity contribution is -0.136. The molecule has 0 bridgehead atoms. The molecule has 0 saturated heterocycles. The number of amides is 1. The van der Waals surface area contributed by atoms with Crippen molar-refractivity contribution in [2.24, 2.45) is 5.73 Å². The molecule has 0 radical (unpaired) electrons. The zero-order valence-electron chi connectivity index (χ0n) is 8.54. The first-order valence-electron chi connectivity index (χ1n) is 4.43. The summed E-state index contributed by atoms with van der Waals surface area (Å²) in [7, 11) is -3.78. The highest BCUT2D eigenvalue weighted by Gasteiger charge is 2.17. The first-order chi connectivity index (χ1) is 7.83. The van der Waals surface area contributed by atoms with Gasteiger partial charge in [-0.3, -0.25) is 9.59 Å². The lowest BCUT2D eigenvalue weighted by atomic mass is 10.4. The van der Waals surface area contributed by atoms with Gasteiger partial charge in [0.1, 0.15) is 0 Å². The molecular formula is C8H10N2O5S2. The van der Waals surface area contributed by atoms with E-state index in [1.54, 1.807) is 0 Å². The van der Waals surface area contributed by atoms with Crippen LogP contribution in [0.25, 0.3) is 0 Å². The van der Waals surface area contributed by atoms with Crippen LogP contribution in [0.5, 0.6) is 0 Å². The molecule has 0 atom stereocenters. The molecule has 1 heterocycles. The van der Waals surface area contributed by atoms with Gasteiger partial charge >= 0.3 is 5.97 Å². The van der Waals surface area contributed by atoms with Gasteiger partial charge in [-0.25, -0.2) is 13.1 Å². The number of hydrogen-bond acceptors (Lipinski definition) is 5. The van der Waals surface area contributed by atoms with Crippen LogP contribution >= 0.6 is 11.3 Å². The van der Waals surface area contributed by atoms with Crippen LogP contribution in [0.3, 0.4) is 0 Å². The fourth-order valence-electron chi connectivity index (χ4n) is 0.965. The van der Waals surface area contributed by atoms with Crippen LogP contribution in [0.4, 0.5) is 0 Å². The average Bonchev–Trinajstić information content (AvgIpc) is 2.65. The number of carboxylic acid groups (broad SMARTS) is 1. The highest BCUT2D eigenvalue weighted by atomic mass is 32.2. The molecule has 94 valence electrons. The number of carbonyl (C=O) groups excluding carboxylic acids is 1. The molecule has 0 aromatic carbocycles. The van der Waals surface area contributed by atoms with Crippen molar-refractivity contribution in [1.82, 2.24) is 4.72 Å². The Balaban J connectivity index is 2.75. The van der Waals surface area contributed by atoms with Gasteiger partial charge in [0, 0.05) is 11.9 Å². The molecule has 0 aliphatic heterocycles. The quantitative estimate of drug-likeness (QED) is 0.652. The van der Waals surface area contributed by atoms with Crippen LogP contribution in [-0.2, 0) is 14.8 Å². The second-order valence-corrected chi connectivity index (χ2v) is 5.73. The van der Waals surface area contributed by atoms with Gasteiger partial charge in [-0.1, -0.05) is 0 Å². The van der Waals surface area contributed by atoms with Crippen LogP contribution in [0.2, 0.25) is 0 Å². The van der Waals surface area contributed by atoms with E-state index in [1.807, 2.05) is 0 Å². The molecule has 0 saturated carbocycles. The molecule has 1 rings (SSSR count). The summed E-state index contributed by atoms with van der Waals surface area (Å²) in [6.07, 6.45) is -0.313. The Morgan fingerprint density at radius 2 is 2.12 bits per heavy atom. The molecule has 1 aromatic heterocycles. The van der Waals surface area contributed by atoms with E-state index in [4.69, 9.17) is 10.8 Å². The minimum atomic E-state index is -3.78.